The van der Waals surface area contributed by atoms with Crippen molar-refractivity contribution in [3.63, 3.8) is 0 Å². The van der Waals surface area contributed by atoms with E-state index in [2.05, 4.69) is 69.1 Å². The minimum Gasteiger partial charge on any atom is -0.377 e. The van der Waals surface area contributed by atoms with E-state index >= 15 is 0 Å². The molecule has 0 saturated carbocycles. The standard InChI is InChI=1S/C19H37NO3Si2/c1-19(2,3)20(18-13-9-8-10-14-18)15-11-12-16-25(21-4,22-5)23-17-24(6)7/h8-10,13-14,24H,11-12,15-17H2,1-7H3. The van der Waals surface area contributed by atoms with Crippen molar-refractivity contribution in [1.29, 1.82) is 0 Å². The van der Waals surface area contributed by atoms with E-state index in [1.807, 2.05) is 0 Å². The molecule has 0 bridgehead atoms. The second-order valence-electron chi connectivity index (χ2n) is 7.91. The first kappa shape index (κ1) is 22.4. The summed E-state index contributed by atoms with van der Waals surface area (Å²) in [6, 6.07) is 11.5. The van der Waals surface area contributed by atoms with Gasteiger partial charge in [-0.25, -0.2) is 0 Å². The smallest absolute Gasteiger partial charge is 0.377 e. The number of hydrogen-bond acceptors (Lipinski definition) is 4. The van der Waals surface area contributed by atoms with Gasteiger partial charge in [0.2, 0.25) is 0 Å². The van der Waals surface area contributed by atoms with E-state index in [0.29, 0.717) is 0 Å². The first-order valence-electron chi connectivity index (χ1n) is 9.31. The average Bonchev–Trinajstić information content (AvgIpc) is 2.57. The summed E-state index contributed by atoms with van der Waals surface area (Å²) in [5.74, 6) is 0. The number of anilines is 1. The molecular formula is C19H37NO3Si2. The van der Waals surface area contributed by atoms with Crippen LogP contribution in [0, 0.1) is 0 Å². The van der Waals surface area contributed by atoms with Crippen LogP contribution in [0.3, 0.4) is 0 Å². The molecule has 1 rings (SSSR count). The molecule has 144 valence electrons. The van der Waals surface area contributed by atoms with E-state index in [1.54, 1.807) is 14.2 Å². The van der Waals surface area contributed by atoms with Crippen LogP contribution in [0.25, 0.3) is 0 Å². The zero-order chi connectivity index (χ0) is 18.9. The fraction of sp³-hybridized carbons (Fsp3) is 0.684. The molecule has 0 saturated heterocycles. The molecule has 0 spiro atoms. The lowest BCUT2D eigenvalue weighted by Crippen LogP contribution is -2.46. The normalized spacial score (nSPS) is 12.6. The Kier molecular flexibility index (Phi) is 9.37. The van der Waals surface area contributed by atoms with Crippen LogP contribution in [-0.2, 0) is 13.3 Å². The van der Waals surface area contributed by atoms with Crippen molar-refractivity contribution in [3.05, 3.63) is 30.3 Å². The van der Waals surface area contributed by atoms with Gasteiger partial charge in [-0.1, -0.05) is 31.3 Å². The molecule has 1 aromatic carbocycles. The summed E-state index contributed by atoms with van der Waals surface area (Å²) in [6.07, 6.45) is 2.97. The van der Waals surface area contributed by atoms with Gasteiger partial charge in [0.25, 0.3) is 0 Å². The molecule has 1 aromatic rings. The van der Waals surface area contributed by atoms with Gasteiger partial charge in [-0.05, 0) is 45.7 Å². The quantitative estimate of drug-likeness (QED) is 0.420. The maximum atomic E-state index is 6.09. The molecule has 4 nitrogen and oxygen atoms in total. The summed E-state index contributed by atoms with van der Waals surface area (Å²) >= 11 is 0. The van der Waals surface area contributed by atoms with Gasteiger partial charge in [0.05, 0.1) is 8.80 Å². The van der Waals surface area contributed by atoms with Gasteiger partial charge in [0, 0.05) is 44.3 Å². The Morgan fingerprint density at radius 2 is 1.60 bits per heavy atom. The van der Waals surface area contributed by atoms with Crippen molar-refractivity contribution in [3.8, 4) is 0 Å². The van der Waals surface area contributed by atoms with Crippen molar-refractivity contribution < 1.29 is 13.3 Å². The Labute approximate surface area is 157 Å². The van der Waals surface area contributed by atoms with E-state index in [4.69, 9.17) is 13.3 Å². The molecule has 0 radical (unpaired) electrons. The molecule has 0 unspecified atom stereocenters. The lowest BCUT2D eigenvalue weighted by molar-refractivity contribution is 0.114. The van der Waals surface area contributed by atoms with Crippen LogP contribution in [0.2, 0.25) is 19.1 Å². The Morgan fingerprint density at radius 3 is 2.08 bits per heavy atom. The molecule has 0 aromatic heterocycles. The van der Waals surface area contributed by atoms with Gasteiger partial charge in [-0.3, -0.25) is 0 Å². The summed E-state index contributed by atoms with van der Waals surface area (Å²) in [5.41, 5.74) is 1.37. The second-order valence-corrected chi connectivity index (χ2v) is 14.0. The third kappa shape index (κ3) is 7.62. The van der Waals surface area contributed by atoms with Gasteiger partial charge < -0.3 is 18.2 Å². The van der Waals surface area contributed by atoms with E-state index in [-0.39, 0.29) is 5.54 Å². The number of para-hydroxylation sites is 1. The highest BCUT2D eigenvalue weighted by Crippen LogP contribution is 2.25. The first-order valence-corrected chi connectivity index (χ1v) is 14.4. The number of rotatable bonds is 11. The molecule has 0 N–H and O–H groups in total. The van der Waals surface area contributed by atoms with Crippen LogP contribution in [0.15, 0.2) is 30.3 Å². The predicted molar refractivity (Wildman–Crippen MR) is 112 cm³/mol. The third-order valence-corrected chi connectivity index (χ3v) is 8.23. The van der Waals surface area contributed by atoms with Crippen molar-refractivity contribution in [2.24, 2.45) is 0 Å². The molecule has 0 fully saturated rings. The monoisotopic (exact) mass is 383 g/mol. The predicted octanol–water partition coefficient (Wildman–Crippen LogP) is 4.35. The van der Waals surface area contributed by atoms with Crippen molar-refractivity contribution in [2.45, 2.75) is 58.3 Å². The molecule has 0 aliphatic carbocycles. The summed E-state index contributed by atoms with van der Waals surface area (Å²) in [7, 11) is 0.188. The number of nitrogens with zero attached hydrogens (tertiary/aromatic N) is 1. The zero-order valence-electron chi connectivity index (χ0n) is 17.2. The molecule has 0 atom stereocenters. The van der Waals surface area contributed by atoms with Crippen LogP contribution in [0.1, 0.15) is 33.6 Å². The molecular weight excluding hydrogens is 346 g/mol. The van der Waals surface area contributed by atoms with Gasteiger partial charge in [0.15, 0.2) is 0 Å². The minimum atomic E-state index is -2.49. The Balaban J connectivity index is 2.60. The average molecular weight is 384 g/mol. The Morgan fingerprint density at radius 1 is 1.00 bits per heavy atom. The molecule has 25 heavy (non-hydrogen) atoms. The van der Waals surface area contributed by atoms with Crippen LogP contribution in [-0.4, -0.2) is 50.1 Å². The fourth-order valence-corrected chi connectivity index (χ4v) is 6.83. The minimum absolute atomic E-state index is 0.0954. The third-order valence-electron chi connectivity index (χ3n) is 4.25. The van der Waals surface area contributed by atoms with Crippen LogP contribution >= 0.6 is 0 Å². The van der Waals surface area contributed by atoms with Crippen molar-refractivity contribution in [1.82, 2.24) is 0 Å². The highest BCUT2D eigenvalue weighted by Gasteiger charge is 2.38. The SMILES string of the molecule is CO[Si](CCCCN(c1ccccc1)C(C)(C)C)(OC)OC[SiH](C)C. The molecule has 0 amide bonds. The maximum Gasteiger partial charge on any atom is 0.500 e. The van der Waals surface area contributed by atoms with Crippen molar-refractivity contribution in [2.75, 3.05) is 31.9 Å². The molecule has 0 aliphatic rings. The number of unbranched alkanes of at least 4 members (excludes halogenated alkanes) is 1. The van der Waals surface area contributed by atoms with Gasteiger partial charge >= 0.3 is 8.80 Å². The van der Waals surface area contributed by atoms with Crippen LogP contribution < -0.4 is 4.90 Å². The zero-order valence-corrected chi connectivity index (χ0v) is 19.3. The fourth-order valence-electron chi connectivity index (χ4n) is 2.84. The summed E-state index contributed by atoms with van der Waals surface area (Å²) in [5, 5.41) is 0. The Hall–Kier alpha value is -0.666. The van der Waals surface area contributed by atoms with E-state index in [9.17, 15) is 0 Å². The largest absolute Gasteiger partial charge is 0.500 e. The topological polar surface area (TPSA) is 30.9 Å². The Bertz CT molecular complexity index is 473. The van der Waals surface area contributed by atoms with Gasteiger partial charge in [-0.2, -0.15) is 0 Å². The number of benzene rings is 1. The van der Waals surface area contributed by atoms with E-state index < -0.39 is 17.6 Å². The maximum absolute atomic E-state index is 6.09. The lowest BCUT2D eigenvalue weighted by Gasteiger charge is -2.38. The molecule has 6 heteroatoms. The van der Waals surface area contributed by atoms with E-state index in [1.165, 1.54) is 5.69 Å². The van der Waals surface area contributed by atoms with Crippen LogP contribution in [0.5, 0.6) is 0 Å². The lowest BCUT2D eigenvalue weighted by atomic mass is 10.0. The second kappa shape index (κ2) is 10.5. The highest BCUT2D eigenvalue weighted by atomic mass is 28.4. The summed E-state index contributed by atoms with van der Waals surface area (Å²) in [4.78, 5) is 2.47. The molecule has 0 aliphatic heterocycles. The van der Waals surface area contributed by atoms with E-state index in [0.717, 1.165) is 31.7 Å². The summed E-state index contributed by atoms with van der Waals surface area (Å²) < 4.78 is 17.5. The highest BCUT2D eigenvalue weighted by molar-refractivity contribution is 6.63. The van der Waals surface area contributed by atoms with Crippen LogP contribution in [0.4, 0.5) is 5.69 Å². The summed E-state index contributed by atoms with van der Waals surface area (Å²) in [6.45, 7) is 12.4. The van der Waals surface area contributed by atoms with Gasteiger partial charge in [-0.15, -0.1) is 0 Å². The number of hydrogen-bond donors (Lipinski definition) is 0. The van der Waals surface area contributed by atoms with Gasteiger partial charge in [0.1, 0.15) is 0 Å². The first-order chi connectivity index (χ1) is 11.7. The molecule has 0 heterocycles. The van der Waals surface area contributed by atoms with Crippen molar-refractivity contribution >= 4 is 23.3 Å².